The minimum atomic E-state index is -0.289. The molecule has 0 aliphatic heterocycles. The Bertz CT molecular complexity index is 1540. The molecule has 4 rings (SSSR count). The van der Waals surface area contributed by atoms with E-state index in [4.69, 9.17) is 9.98 Å². The number of aliphatic imine (C=N–C) groups is 2. The van der Waals surface area contributed by atoms with Crippen LogP contribution in [0, 0.1) is 18.8 Å². The van der Waals surface area contributed by atoms with Crippen molar-refractivity contribution in [1.82, 2.24) is 0 Å². The zero-order valence-electron chi connectivity index (χ0n) is 26.0. The maximum Gasteiger partial charge on any atom is 0.128 e. The van der Waals surface area contributed by atoms with Crippen LogP contribution in [0.2, 0.25) is 0 Å². The van der Waals surface area contributed by atoms with Gasteiger partial charge in [0.1, 0.15) is 17.2 Å². The number of aryl methyl sites for hydroxylation is 1. The van der Waals surface area contributed by atoms with Crippen LogP contribution in [0.3, 0.4) is 0 Å². The van der Waals surface area contributed by atoms with E-state index in [2.05, 4.69) is 53.4 Å². The third-order valence-corrected chi connectivity index (χ3v) is 7.76. The second-order valence-corrected chi connectivity index (χ2v) is 13.5. The van der Waals surface area contributed by atoms with E-state index in [0.29, 0.717) is 5.56 Å². The Kier molecular flexibility index (Phi) is 9.16. The molecule has 0 spiro atoms. The summed E-state index contributed by atoms with van der Waals surface area (Å²) in [7, 11) is 0. The molecule has 0 radical (unpaired) electrons. The van der Waals surface area contributed by atoms with Crippen LogP contribution in [0.25, 0.3) is 0 Å². The highest BCUT2D eigenvalue weighted by Gasteiger charge is 2.25. The molecule has 0 bridgehead atoms. The zero-order chi connectivity index (χ0) is 30.7. The molecule has 1 aliphatic carbocycles. The molecule has 1 aliphatic rings. The number of benzene rings is 3. The minimum absolute atomic E-state index is 0.00491. The van der Waals surface area contributed by atoms with Crippen molar-refractivity contribution in [2.24, 2.45) is 9.98 Å². The molecule has 0 heterocycles. The number of phenols is 3. The quantitative estimate of drug-likeness (QED) is 0.222. The summed E-state index contributed by atoms with van der Waals surface area (Å²) in [5.41, 5.74) is 5.31. The SMILES string of the molecule is Cc1cc(/C=N/[C@@H]2CCCC[C@H]2/N=C/c2cc(C#Cc3ccc(O)cc3)cc(C(C)(C)C)c2O)c(O)c(C(C)(C)C)c1. The highest BCUT2D eigenvalue weighted by molar-refractivity contribution is 5.86. The predicted molar refractivity (Wildman–Crippen MR) is 174 cm³/mol. The average molecular weight is 565 g/mol. The van der Waals surface area contributed by atoms with Crippen molar-refractivity contribution in [1.29, 1.82) is 0 Å². The van der Waals surface area contributed by atoms with E-state index >= 15 is 0 Å². The summed E-state index contributed by atoms with van der Waals surface area (Å²) >= 11 is 0. The average Bonchev–Trinajstić information content (AvgIpc) is 2.92. The van der Waals surface area contributed by atoms with Crippen LogP contribution in [-0.4, -0.2) is 39.8 Å². The van der Waals surface area contributed by atoms with Crippen molar-refractivity contribution in [2.45, 2.75) is 97.1 Å². The molecule has 3 aromatic rings. The van der Waals surface area contributed by atoms with E-state index in [1.807, 2.05) is 37.4 Å². The number of phenolic OH excluding ortho intramolecular Hbond substituents is 3. The fourth-order valence-corrected chi connectivity index (χ4v) is 5.36. The molecule has 3 N–H and O–H groups in total. The summed E-state index contributed by atoms with van der Waals surface area (Å²) in [4.78, 5) is 9.90. The first-order valence-corrected chi connectivity index (χ1v) is 14.8. The summed E-state index contributed by atoms with van der Waals surface area (Å²) in [5, 5.41) is 31.8. The lowest BCUT2D eigenvalue weighted by molar-refractivity contribution is 0.390. The van der Waals surface area contributed by atoms with E-state index in [0.717, 1.165) is 59.1 Å². The number of nitrogens with zero attached hydrogens (tertiary/aromatic N) is 2. The van der Waals surface area contributed by atoms with Gasteiger partial charge in [-0.1, -0.05) is 72.3 Å². The van der Waals surface area contributed by atoms with E-state index in [-0.39, 0.29) is 40.2 Å². The van der Waals surface area contributed by atoms with Gasteiger partial charge in [-0.25, -0.2) is 0 Å². The lowest BCUT2D eigenvalue weighted by atomic mass is 9.84. The molecule has 2 atom stereocenters. The van der Waals surface area contributed by atoms with Gasteiger partial charge >= 0.3 is 0 Å². The number of aromatic hydroxyl groups is 3. The van der Waals surface area contributed by atoms with Gasteiger partial charge in [-0.15, -0.1) is 0 Å². The van der Waals surface area contributed by atoms with Crippen LogP contribution in [0.1, 0.15) is 106 Å². The zero-order valence-corrected chi connectivity index (χ0v) is 26.0. The highest BCUT2D eigenvalue weighted by atomic mass is 16.3. The Morgan fingerprint density at radius 2 is 1.14 bits per heavy atom. The van der Waals surface area contributed by atoms with Crippen molar-refractivity contribution in [2.75, 3.05) is 0 Å². The van der Waals surface area contributed by atoms with Crippen LogP contribution in [0.5, 0.6) is 17.2 Å². The van der Waals surface area contributed by atoms with Gasteiger partial charge in [0.05, 0.1) is 12.1 Å². The van der Waals surface area contributed by atoms with E-state index in [1.54, 1.807) is 30.5 Å². The molecule has 0 unspecified atom stereocenters. The van der Waals surface area contributed by atoms with Crippen molar-refractivity contribution in [3.63, 3.8) is 0 Å². The molecule has 0 aromatic heterocycles. The van der Waals surface area contributed by atoms with Crippen LogP contribution >= 0.6 is 0 Å². The molecular formula is C37H44N2O3. The lowest BCUT2D eigenvalue weighted by Crippen LogP contribution is -2.27. The van der Waals surface area contributed by atoms with Gasteiger partial charge in [0.2, 0.25) is 0 Å². The van der Waals surface area contributed by atoms with Crippen LogP contribution < -0.4 is 0 Å². The first-order chi connectivity index (χ1) is 19.7. The largest absolute Gasteiger partial charge is 0.508 e. The Morgan fingerprint density at radius 1 is 0.667 bits per heavy atom. The van der Waals surface area contributed by atoms with Crippen molar-refractivity contribution in [3.05, 3.63) is 87.5 Å². The monoisotopic (exact) mass is 564 g/mol. The van der Waals surface area contributed by atoms with Gasteiger partial charge in [-0.2, -0.15) is 0 Å². The molecule has 42 heavy (non-hydrogen) atoms. The van der Waals surface area contributed by atoms with E-state index in [9.17, 15) is 15.3 Å². The Hall–Kier alpha value is -4.04. The van der Waals surface area contributed by atoms with Crippen molar-refractivity contribution >= 4 is 12.4 Å². The summed E-state index contributed by atoms with van der Waals surface area (Å²) in [6.45, 7) is 14.5. The number of rotatable bonds is 4. The first kappa shape index (κ1) is 30.9. The molecule has 0 amide bonds. The second kappa shape index (κ2) is 12.4. The van der Waals surface area contributed by atoms with Gasteiger partial charge in [-0.3, -0.25) is 9.98 Å². The fourth-order valence-electron chi connectivity index (χ4n) is 5.36. The molecule has 3 aromatic carbocycles. The standard InChI is InChI=1S/C37H44N2O3/c1-24-18-27(34(41)30(19-24)36(2,3)4)22-38-32-10-8-9-11-33(32)39-23-28-20-26(21-31(35(28)42)37(5,6)7)13-12-25-14-16-29(40)17-15-25/h14-23,32-33,40-42H,8-11H2,1-7H3/b38-22+,39-23+/t32-,33-/m1/s1. The van der Waals surface area contributed by atoms with Crippen LogP contribution in [0.4, 0.5) is 0 Å². The van der Waals surface area contributed by atoms with Crippen LogP contribution in [-0.2, 0) is 10.8 Å². The maximum atomic E-state index is 11.2. The van der Waals surface area contributed by atoms with Gasteiger partial charge in [0.25, 0.3) is 0 Å². The fraction of sp³-hybridized carbons (Fsp3) is 0.405. The molecule has 220 valence electrons. The molecule has 1 fully saturated rings. The normalized spacial score (nSPS) is 17.9. The van der Waals surface area contributed by atoms with Crippen molar-refractivity contribution in [3.8, 4) is 29.1 Å². The Morgan fingerprint density at radius 3 is 1.67 bits per heavy atom. The third-order valence-electron chi connectivity index (χ3n) is 7.76. The van der Waals surface area contributed by atoms with Crippen LogP contribution in [0.15, 0.2) is 58.5 Å². The van der Waals surface area contributed by atoms with Gasteiger partial charge in [0.15, 0.2) is 0 Å². The first-order valence-electron chi connectivity index (χ1n) is 14.8. The summed E-state index contributed by atoms with van der Waals surface area (Å²) in [6.07, 6.45) is 7.59. The Balaban J connectivity index is 1.64. The van der Waals surface area contributed by atoms with E-state index < -0.39 is 0 Å². The molecule has 0 saturated heterocycles. The smallest absolute Gasteiger partial charge is 0.128 e. The van der Waals surface area contributed by atoms with Gasteiger partial charge < -0.3 is 15.3 Å². The van der Waals surface area contributed by atoms with Gasteiger partial charge in [-0.05, 0) is 78.6 Å². The minimum Gasteiger partial charge on any atom is -0.508 e. The molecule has 5 heteroatoms. The van der Waals surface area contributed by atoms with E-state index in [1.165, 1.54) is 0 Å². The molecule has 5 nitrogen and oxygen atoms in total. The summed E-state index contributed by atoms with van der Waals surface area (Å²) < 4.78 is 0. The second-order valence-electron chi connectivity index (χ2n) is 13.5. The number of hydrogen-bond acceptors (Lipinski definition) is 5. The molecular weight excluding hydrogens is 520 g/mol. The highest BCUT2D eigenvalue weighted by Crippen LogP contribution is 2.35. The maximum absolute atomic E-state index is 11.2. The third kappa shape index (κ3) is 7.62. The number of hydrogen-bond donors (Lipinski definition) is 3. The van der Waals surface area contributed by atoms with Gasteiger partial charge in [0, 0.05) is 45.8 Å². The summed E-state index contributed by atoms with van der Waals surface area (Å²) in [6, 6.07) is 14.6. The van der Waals surface area contributed by atoms with Crippen molar-refractivity contribution < 1.29 is 15.3 Å². The summed E-state index contributed by atoms with van der Waals surface area (Å²) in [5.74, 6) is 7.08. The Labute approximate surface area is 251 Å². The molecule has 1 saturated carbocycles. The lowest BCUT2D eigenvalue weighted by Gasteiger charge is -2.26. The topological polar surface area (TPSA) is 85.4 Å². The predicted octanol–water partition coefficient (Wildman–Crippen LogP) is 7.96.